The van der Waals surface area contributed by atoms with Gasteiger partial charge in [0.25, 0.3) is 5.91 Å². The summed E-state index contributed by atoms with van der Waals surface area (Å²) in [6.07, 6.45) is -0.395. The van der Waals surface area contributed by atoms with Crippen LogP contribution in [-0.4, -0.2) is 43.9 Å². The first-order valence-corrected chi connectivity index (χ1v) is 10.9. The van der Waals surface area contributed by atoms with Gasteiger partial charge in [0.15, 0.2) is 0 Å². The van der Waals surface area contributed by atoms with Crippen LogP contribution in [0, 0.1) is 5.82 Å². The number of carbonyl (C=O) groups is 1. The monoisotopic (exact) mass is 420 g/mol. The van der Waals surface area contributed by atoms with E-state index in [4.69, 9.17) is 4.74 Å². The van der Waals surface area contributed by atoms with Crippen LogP contribution >= 0.6 is 0 Å². The molecule has 29 heavy (non-hydrogen) atoms. The van der Waals surface area contributed by atoms with E-state index in [9.17, 15) is 17.6 Å². The van der Waals surface area contributed by atoms with E-state index in [0.717, 1.165) is 5.56 Å². The minimum atomic E-state index is -3.74. The van der Waals surface area contributed by atoms with E-state index < -0.39 is 15.9 Å². The fourth-order valence-electron chi connectivity index (χ4n) is 3.39. The summed E-state index contributed by atoms with van der Waals surface area (Å²) in [7, 11) is -3.74. The summed E-state index contributed by atoms with van der Waals surface area (Å²) in [4.78, 5) is 12.7. The second-order valence-corrected chi connectivity index (χ2v) is 9.29. The van der Waals surface area contributed by atoms with Crippen molar-refractivity contribution in [2.45, 2.75) is 43.9 Å². The Morgan fingerprint density at radius 2 is 1.76 bits per heavy atom. The van der Waals surface area contributed by atoms with Gasteiger partial charge in [-0.05, 0) is 56.7 Å². The van der Waals surface area contributed by atoms with Crippen LogP contribution < -0.4 is 5.32 Å². The molecule has 1 saturated heterocycles. The highest BCUT2D eigenvalue weighted by atomic mass is 32.2. The summed E-state index contributed by atoms with van der Waals surface area (Å²) in [5, 5.41) is 2.81. The molecule has 0 radical (unpaired) electrons. The van der Waals surface area contributed by atoms with Crippen molar-refractivity contribution >= 4 is 15.9 Å². The fourth-order valence-corrected chi connectivity index (χ4v) is 5.03. The molecule has 1 aliphatic heterocycles. The Bertz CT molecular complexity index is 968. The Hall–Kier alpha value is -2.29. The molecule has 0 bridgehead atoms. The van der Waals surface area contributed by atoms with E-state index >= 15 is 0 Å². The molecule has 2 aromatic rings. The minimum absolute atomic E-state index is 0.0703. The van der Waals surface area contributed by atoms with E-state index in [0.29, 0.717) is 0 Å². The number of benzene rings is 2. The summed E-state index contributed by atoms with van der Waals surface area (Å²) in [5.41, 5.74) is 0.995. The lowest BCUT2D eigenvalue weighted by Gasteiger charge is -2.34. The van der Waals surface area contributed by atoms with Crippen LogP contribution in [0.25, 0.3) is 0 Å². The zero-order valence-corrected chi connectivity index (χ0v) is 17.4. The molecule has 1 fully saturated rings. The Morgan fingerprint density at radius 3 is 2.38 bits per heavy atom. The highest BCUT2D eigenvalue weighted by Crippen LogP contribution is 2.22. The lowest BCUT2D eigenvalue weighted by atomic mass is 10.1. The van der Waals surface area contributed by atoms with Gasteiger partial charge in [-0.3, -0.25) is 4.79 Å². The Morgan fingerprint density at radius 1 is 1.14 bits per heavy atom. The normalized spacial score (nSPS) is 21.5. The number of hydrogen-bond acceptors (Lipinski definition) is 4. The number of ether oxygens (including phenoxy) is 1. The summed E-state index contributed by atoms with van der Waals surface area (Å²) in [5.74, 6) is -0.750. The van der Waals surface area contributed by atoms with Gasteiger partial charge in [-0.1, -0.05) is 18.2 Å². The van der Waals surface area contributed by atoms with Crippen molar-refractivity contribution in [2.24, 2.45) is 0 Å². The smallest absolute Gasteiger partial charge is 0.251 e. The molecule has 1 amide bonds. The van der Waals surface area contributed by atoms with Gasteiger partial charge in [0.2, 0.25) is 10.0 Å². The van der Waals surface area contributed by atoms with E-state index in [2.05, 4.69) is 5.32 Å². The lowest BCUT2D eigenvalue weighted by molar-refractivity contribution is -0.0440. The van der Waals surface area contributed by atoms with Crippen LogP contribution in [0.15, 0.2) is 53.4 Å². The molecule has 2 aromatic carbocycles. The van der Waals surface area contributed by atoms with Crippen LogP contribution in [0.1, 0.15) is 42.7 Å². The number of nitrogens with zero attached hydrogens (tertiary/aromatic N) is 1. The van der Waals surface area contributed by atoms with Crippen molar-refractivity contribution < 1.29 is 22.3 Å². The molecule has 3 atom stereocenters. The summed E-state index contributed by atoms with van der Waals surface area (Å²) in [6, 6.07) is 11.5. The predicted octanol–water partition coefficient (Wildman–Crippen LogP) is 3.11. The summed E-state index contributed by atoms with van der Waals surface area (Å²) >= 11 is 0. The summed E-state index contributed by atoms with van der Waals surface area (Å²) < 4.78 is 46.1. The average molecular weight is 421 g/mol. The Balaban J connectivity index is 1.77. The molecule has 0 saturated carbocycles. The lowest BCUT2D eigenvalue weighted by Crippen LogP contribution is -2.48. The molecule has 1 N–H and O–H groups in total. The molecule has 0 aliphatic carbocycles. The van der Waals surface area contributed by atoms with Crippen LogP contribution in [0.2, 0.25) is 0 Å². The zero-order chi connectivity index (χ0) is 21.2. The first-order chi connectivity index (χ1) is 13.7. The number of hydrogen-bond donors (Lipinski definition) is 1. The number of rotatable bonds is 5. The van der Waals surface area contributed by atoms with Gasteiger partial charge >= 0.3 is 0 Å². The SMILES string of the molecule is C[C@@H]1CN(S(=O)(=O)c2cccc(C(=O)N[C@@H](C)c3ccc(F)cc3)c2)C[C@H](C)O1. The standard InChI is InChI=1S/C21H25FN2O4S/c1-14-12-24(13-15(2)28-14)29(26,27)20-6-4-5-18(11-20)21(25)23-16(3)17-7-9-19(22)10-8-17/h4-11,14-16H,12-13H2,1-3H3,(H,23,25)/t14-,15+,16-/m0/s1. The maximum atomic E-state index is 13.1. The van der Waals surface area contributed by atoms with Gasteiger partial charge in [-0.25, -0.2) is 12.8 Å². The Kier molecular flexibility index (Phi) is 6.36. The fraction of sp³-hybridized carbons (Fsp3) is 0.381. The third kappa shape index (κ3) is 5.01. The van der Waals surface area contributed by atoms with Crippen LogP contribution in [0.5, 0.6) is 0 Å². The molecule has 0 unspecified atom stereocenters. The van der Waals surface area contributed by atoms with Gasteiger partial charge < -0.3 is 10.1 Å². The zero-order valence-electron chi connectivity index (χ0n) is 16.6. The van der Waals surface area contributed by atoms with E-state index in [1.54, 1.807) is 31.2 Å². The molecular formula is C21H25FN2O4S. The molecule has 3 rings (SSSR count). The maximum Gasteiger partial charge on any atom is 0.251 e. The Labute approximate surface area is 170 Å². The van der Waals surface area contributed by atoms with Crippen molar-refractivity contribution in [3.05, 3.63) is 65.5 Å². The number of amides is 1. The number of nitrogens with one attached hydrogen (secondary N) is 1. The molecule has 0 spiro atoms. The topological polar surface area (TPSA) is 75.7 Å². The molecular weight excluding hydrogens is 395 g/mol. The van der Waals surface area contributed by atoms with E-state index in [1.807, 2.05) is 13.8 Å². The van der Waals surface area contributed by atoms with Crippen molar-refractivity contribution in [3.8, 4) is 0 Å². The number of morpholine rings is 1. The van der Waals surface area contributed by atoms with E-state index in [-0.39, 0.29) is 47.6 Å². The van der Waals surface area contributed by atoms with Gasteiger partial charge in [-0.15, -0.1) is 0 Å². The van der Waals surface area contributed by atoms with Gasteiger partial charge in [-0.2, -0.15) is 4.31 Å². The van der Waals surface area contributed by atoms with E-state index in [1.165, 1.54) is 28.6 Å². The second-order valence-electron chi connectivity index (χ2n) is 7.35. The van der Waals surface area contributed by atoms with Crippen molar-refractivity contribution in [3.63, 3.8) is 0 Å². The van der Waals surface area contributed by atoms with Crippen LogP contribution in [0.3, 0.4) is 0 Å². The molecule has 0 aromatic heterocycles. The van der Waals surface area contributed by atoms with Gasteiger partial charge in [0.05, 0.1) is 23.1 Å². The largest absolute Gasteiger partial charge is 0.373 e. The maximum absolute atomic E-state index is 13.1. The predicted molar refractivity (Wildman–Crippen MR) is 107 cm³/mol. The van der Waals surface area contributed by atoms with Gasteiger partial charge in [0.1, 0.15) is 5.82 Å². The van der Waals surface area contributed by atoms with Crippen LogP contribution in [-0.2, 0) is 14.8 Å². The van der Waals surface area contributed by atoms with Crippen molar-refractivity contribution in [1.29, 1.82) is 0 Å². The second kappa shape index (κ2) is 8.61. The first-order valence-electron chi connectivity index (χ1n) is 9.49. The third-order valence-electron chi connectivity index (χ3n) is 4.84. The number of sulfonamides is 1. The molecule has 8 heteroatoms. The minimum Gasteiger partial charge on any atom is -0.373 e. The number of halogens is 1. The number of carbonyl (C=O) groups excluding carboxylic acids is 1. The van der Waals surface area contributed by atoms with Gasteiger partial charge in [0, 0.05) is 18.7 Å². The molecule has 1 heterocycles. The van der Waals surface area contributed by atoms with Crippen LogP contribution in [0.4, 0.5) is 4.39 Å². The van der Waals surface area contributed by atoms with Crippen molar-refractivity contribution in [1.82, 2.24) is 9.62 Å². The molecule has 6 nitrogen and oxygen atoms in total. The quantitative estimate of drug-likeness (QED) is 0.807. The highest BCUT2D eigenvalue weighted by molar-refractivity contribution is 7.89. The third-order valence-corrected chi connectivity index (χ3v) is 6.67. The van der Waals surface area contributed by atoms with Crippen molar-refractivity contribution in [2.75, 3.05) is 13.1 Å². The molecule has 156 valence electrons. The highest BCUT2D eigenvalue weighted by Gasteiger charge is 2.32. The summed E-state index contributed by atoms with van der Waals surface area (Å²) in [6.45, 7) is 5.98. The molecule has 1 aliphatic rings. The first kappa shape index (κ1) is 21.4. The average Bonchev–Trinajstić information content (AvgIpc) is 2.67.